The highest BCUT2D eigenvalue weighted by Gasteiger charge is 2.19. The molecule has 0 heterocycles. The van der Waals surface area contributed by atoms with Crippen LogP contribution < -0.4 is 19.5 Å². The molecule has 7 nitrogen and oxygen atoms in total. The number of hydrogen-bond acceptors (Lipinski definition) is 6. The van der Waals surface area contributed by atoms with E-state index in [9.17, 15) is 9.59 Å². The van der Waals surface area contributed by atoms with Gasteiger partial charge >= 0.3 is 5.97 Å². The smallest absolute Gasteiger partial charge is 0.340 e. The summed E-state index contributed by atoms with van der Waals surface area (Å²) in [5, 5.41) is 2.60. The number of hydrogen-bond donors (Lipinski definition) is 1. The van der Waals surface area contributed by atoms with Gasteiger partial charge in [-0.05, 0) is 24.1 Å². The van der Waals surface area contributed by atoms with Crippen molar-refractivity contribution in [2.24, 2.45) is 0 Å². The molecule has 0 aliphatic rings. The Balaban J connectivity index is 2.04. The topological polar surface area (TPSA) is 83.1 Å². The third kappa shape index (κ3) is 5.64. The van der Waals surface area contributed by atoms with Gasteiger partial charge in [0, 0.05) is 19.1 Å². The van der Waals surface area contributed by atoms with Gasteiger partial charge in [-0.2, -0.15) is 0 Å². The Bertz CT molecular complexity index is 834. The Morgan fingerprint density at radius 1 is 1.00 bits per heavy atom. The number of nitrogens with one attached hydrogen (secondary N) is 1. The predicted octanol–water partition coefficient (Wildman–Crippen LogP) is 3.46. The van der Waals surface area contributed by atoms with Gasteiger partial charge in [0.1, 0.15) is 19.0 Å². The molecule has 0 atom stereocenters. The molecule has 0 radical (unpaired) electrons. The summed E-state index contributed by atoms with van der Waals surface area (Å²) in [7, 11) is 2.93. The van der Waals surface area contributed by atoms with E-state index in [4.69, 9.17) is 18.9 Å². The summed E-state index contributed by atoms with van der Waals surface area (Å²) < 4.78 is 21.3. The molecule has 2 rings (SSSR count). The maximum absolute atomic E-state index is 12.5. The average molecular weight is 387 g/mol. The Morgan fingerprint density at radius 2 is 1.71 bits per heavy atom. The molecular formula is C21H25NO6. The summed E-state index contributed by atoms with van der Waals surface area (Å²) >= 11 is 0. The molecular weight excluding hydrogens is 362 g/mol. The van der Waals surface area contributed by atoms with Crippen molar-refractivity contribution in [3.8, 4) is 17.2 Å². The summed E-state index contributed by atoms with van der Waals surface area (Å²) in [6.07, 6.45) is 0.914. The molecule has 0 aliphatic heterocycles. The fourth-order valence-electron chi connectivity index (χ4n) is 2.57. The van der Waals surface area contributed by atoms with Gasteiger partial charge in [0.15, 0.2) is 11.5 Å². The zero-order chi connectivity index (χ0) is 20.5. The molecule has 1 N–H and O–H groups in total. The monoisotopic (exact) mass is 387 g/mol. The maximum Gasteiger partial charge on any atom is 0.340 e. The second kappa shape index (κ2) is 10.2. The SMILES string of the molecule is CCc1cccc(OCCOC(=O)c2cc(OC)c(OC)cc2NC(C)=O)c1. The van der Waals surface area contributed by atoms with Crippen LogP contribution in [-0.2, 0) is 16.0 Å². The summed E-state index contributed by atoms with van der Waals surface area (Å²) in [6, 6.07) is 10.7. The van der Waals surface area contributed by atoms with E-state index < -0.39 is 5.97 Å². The molecule has 2 aromatic rings. The minimum atomic E-state index is -0.601. The van der Waals surface area contributed by atoms with Gasteiger partial charge < -0.3 is 24.3 Å². The van der Waals surface area contributed by atoms with Gasteiger partial charge in [-0.25, -0.2) is 4.79 Å². The largest absolute Gasteiger partial charge is 0.493 e. The lowest BCUT2D eigenvalue weighted by Gasteiger charge is -2.15. The van der Waals surface area contributed by atoms with E-state index in [1.165, 1.54) is 38.8 Å². The Hall–Kier alpha value is -3.22. The molecule has 150 valence electrons. The first-order valence-electron chi connectivity index (χ1n) is 8.91. The summed E-state index contributed by atoms with van der Waals surface area (Å²) in [5.74, 6) is 0.551. The van der Waals surface area contributed by atoms with Gasteiger partial charge in [-0.15, -0.1) is 0 Å². The minimum Gasteiger partial charge on any atom is -0.493 e. The number of rotatable bonds is 9. The van der Waals surface area contributed by atoms with E-state index in [0.29, 0.717) is 11.5 Å². The first-order chi connectivity index (χ1) is 13.5. The third-order valence-electron chi connectivity index (χ3n) is 3.95. The quantitative estimate of drug-likeness (QED) is 0.524. The minimum absolute atomic E-state index is 0.0586. The normalized spacial score (nSPS) is 10.1. The summed E-state index contributed by atoms with van der Waals surface area (Å²) in [5.41, 5.74) is 1.62. The number of esters is 1. The highest BCUT2D eigenvalue weighted by molar-refractivity contribution is 6.01. The number of ether oxygens (including phenoxy) is 4. The maximum atomic E-state index is 12.5. The second-order valence-corrected chi connectivity index (χ2v) is 5.92. The third-order valence-corrected chi connectivity index (χ3v) is 3.95. The molecule has 28 heavy (non-hydrogen) atoms. The van der Waals surface area contributed by atoms with E-state index in [1.54, 1.807) is 0 Å². The van der Waals surface area contributed by atoms with Crippen molar-refractivity contribution in [3.63, 3.8) is 0 Å². The van der Waals surface area contributed by atoms with Crippen LogP contribution in [-0.4, -0.2) is 39.3 Å². The number of benzene rings is 2. The number of methoxy groups -OCH3 is 2. The van der Waals surface area contributed by atoms with E-state index in [0.717, 1.165) is 12.2 Å². The van der Waals surface area contributed by atoms with E-state index in [1.807, 2.05) is 24.3 Å². The molecule has 0 unspecified atom stereocenters. The number of carbonyl (C=O) groups is 2. The molecule has 0 aromatic heterocycles. The fourth-order valence-corrected chi connectivity index (χ4v) is 2.57. The Morgan fingerprint density at radius 3 is 2.36 bits per heavy atom. The van der Waals surface area contributed by atoms with Gasteiger partial charge in [0.25, 0.3) is 0 Å². The molecule has 1 amide bonds. The zero-order valence-corrected chi connectivity index (χ0v) is 16.5. The molecule has 0 saturated carbocycles. The lowest BCUT2D eigenvalue weighted by Crippen LogP contribution is -2.16. The molecule has 0 aliphatic carbocycles. The van der Waals surface area contributed by atoms with Crippen molar-refractivity contribution in [2.45, 2.75) is 20.3 Å². The predicted molar refractivity (Wildman–Crippen MR) is 105 cm³/mol. The van der Waals surface area contributed by atoms with Crippen LogP contribution in [0.3, 0.4) is 0 Å². The summed E-state index contributed by atoms with van der Waals surface area (Å²) in [6.45, 7) is 3.69. The van der Waals surface area contributed by atoms with Gasteiger partial charge in [-0.1, -0.05) is 19.1 Å². The van der Waals surface area contributed by atoms with Crippen LogP contribution >= 0.6 is 0 Å². The van der Waals surface area contributed by atoms with Gasteiger partial charge in [0.05, 0.1) is 25.5 Å². The first kappa shape index (κ1) is 21.1. The highest BCUT2D eigenvalue weighted by atomic mass is 16.6. The van der Waals surface area contributed by atoms with Crippen molar-refractivity contribution in [1.29, 1.82) is 0 Å². The van der Waals surface area contributed by atoms with Crippen molar-refractivity contribution in [3.05, 3.63) is 47.5 Å². The van der Waals surface area contributed by atoms with E-state index >= 15 is 0 Å². The zero-order valence-electron chi connectivity index (χ0n) is 16.5. The van der Waals surface area contributed by atoms with E-state index in [-0.39, 0.29) is 30.4 Å². The van der Waals surface area contributed by atoms with Crippen LogP contribution in [0.2, 0.25) is 0 Å². The molecule has 0 spiro atoms. The Labute approximate surface area is 164 Å². The number of carbonyl (C=O) groups excluding carboxylic acids is 2. The lowest BCUT2D eigenvalue weighted by molar-refractivity contribution is -0.114. The van der Waals surface area contributed by atoms with Gasteiger partial charge in [0.2, 0.25) is 5.91 Å². The molecule has 0 saturated heterocycles. The van der Waals surface area contributed by atoms with Crippen LogP contribution in [0.1, 0.15) is 29.8 Å². The Kier molecular flexibility index (Phi) is 7.68. The standard InChI is InChI=1S/C21H25NO6/c1-5-15-7-6-8-16(11-15)27-9-10-28-21(24)17-12-19(25-3)20(26-4)13-18(17)22-14(2)23/h6-8,11-13H,5,9-10H2,1-4H3,(H,22,23). The molecule has 7 heteroatoms. The second-order valence-electron chi connectivity index (χ2n) is 5.92. The van der Waals surface area contributed by atoms with Gasteiger partial charge in [-0.3, -0.25) is 4.79 Å². The van der Waals surface area contributed by atoms with Crippen molar-refractivity contribution in [2.75, 3.05) is 32.8 Å². The average Bonchev–Trinajstić information content (AvgIpc) is 2.70. The number of amides is 1. The van der Waals surface area contributed by atoms with E-state index in [2.05, 4.69) is 12.2 Å². The van der Waals surface area contributed by atoms with Crippen molar-refractivity contribution >= 4 is 17.6 Å². The van der Waals surface area contributed by atoms with Crippen molar-refractivity contribution < 1.29 is 28.5 Å². The van der Waals surface area contributed by atoms with Crippen LogP contribution in [0.15, 0.2) is 36.4 Å². The lowest BCUT2D eigenvalue weighted by atomic mass is 10.1. The van der Waals surface area contributed by atoms with Crippen LogP contribution in [0.25, 0.3) is 0 Å². The fraction of sp³-hybridized carbons (Fsp3) is 0.333. The highest BCUT2D eigenvalue weighted by Crippen LogP contribution is 2.33. The van der Waals surface area contributed by atoms with Crippen LogP contribution in [0.5, 0.6) is 17.2 Å². The molecule has 0 bridgehead atoms. The number of aryl methyl sites for hydroxylation is 1. The number of anilines is 1. The molecule has 2 aromatic carbocycles. The van der Waals surface area contributed by atoms with Crippen LogP contribution in [0, 0.1) is 0 Å². The molecule has 0 fully saturated rings. The van der Waals surface area contributed by atoms with Crippen molar-refractivity contribution in [1.82, 2.24) is 0 Å². The first-order valence-corrected chi connectivity index (χ1v) is 8.91. The van der Waals surface area contributed by atoms with Crippen LogP contribution in [0.4, 0.5) is 5.69 Å². The summed E-state index contributed by atoms with van der Waals surface area (Å²) in [4.78, 5) is 24.0.